The normalized spacial score (nSPS) is 15.1. The van der Waals surface area contributed by atoms with Gasteiger partial charge in [-0.05, 0) is 61.4 Å². The van der Waals surface area contributed by atoms with Crippen LogP contribution in [0.5, 0.6) is 23.0 Å². The van der Waals surface area contributed by atoms with E-state index < -0.39 is 24.3 Å². The van der Waals surface area contributed by atoms with E-state index in [0.29, 0.717) is 51.5 Å². The molecule has 3 aromatic rings. The summed E-state index contributed by atoms with van der Waals surface area (Å²) in [5, 5.41) is 20.7. The number of nitrogens with zero attached hydrogens (tertiary/aromatic N) is 1. The van der Waals surface area contributed by atoms with Gasteiger partial charge >= 0.3 is 12.0 Å². The van der Waals surface area contributed by atoms with Gasteiger partial charge in [-0.15, -0.1) is 0 Å². The summed E-state index contributed by atoms with van der Waals surface area (Å²) in [5.41, 5.74) is 5.37. The lowest BCUT2D eigenvalue weighted by molar-refractivity contribution is -0.136. The summed E-state index contributed by atoms with van der Waals surface area (Å²) >= 11 is 9.46. The van der Waals surface area contributed by atoms with E-state index in [1.165, 1.54) is 13.3 Å². The molecule has 0 saturated heterocycles. The van der Waals surface area contributed by atoms with Gasteiger partial charge in [0.25, 0.3) is 0 Å². The summed E-state index contributed by atoms with van der Waals surface area (Å²) in [6.45, 7) is 3.83. The Bertz CT molecular complexity index is 1620. The van der Waals surface area contributed by atoms with Gasteiger partial charge in [0.05, 0.1) is 38.7 Å². The number of carbonyl (C=O) groups is 2. The van der Waals surface area contributed by atoms with Gasteiger partial charge in [0, 0.05) is 20.8 Å². The number of carbonyl (C=O) groups excluding carboxylic acids is 2. The van der Waals surface area contributed by atoms with E-state index in [4.69, 9.17) is 35.3 Å². The smallest absolute Gasteiger partial charge is 0.337 e. The van der Waals surface area contributed by atoms with Crippen molar-refractivity contribution in [1.29, 1.82) is 0 Å². The van der Waals surface area contributed by atoms with Crippen LogP contribution in [0.3, 0.4) is 0 Å². The summed E-state index contributed by atoms with van der Waals surface area (Å²) in [6, 6.07) is 14.6. The van der Waals surface area contributed by atoms with Crippen LogP contribution in [0.25, 0.3) is 0 Å². The number of ether oxygens (including phenoxy) is 5. The average molecular weight is 718 g/mol. The quantitative estimate of drug-likeness (QED) is 0.0764. The minimum Gasteiger partial charge on any atom is -0.493 e. The van der Waals surface area contributed by atoms with E-state index in [-0.39, 0.29) is 18.8 Å². The second-order valence-corrected chi connectivity index (χ2v) is 11.2. The third kappa shape index (κ3) is 8.83. The molecule has 14 heteroatoms. The number of allylic oxidation sites excluding steroid dienone is 1. The van der Waals surface area contributed by atoms with E-state index in [1.807, 2.05) is 19.1 Å². The molecule has 1 heterocycles. The van der Waals surface area contributed by atoms with E-state index >= 15 is 0 Å². The summed E-state index contributed by atoms with van der Waals surface area (Å²) in [7, 11) is 2.81. The maximum Gasteiger partial charge on any atom is 0.337 e. The lowest BCUT2D eigenvalue weighted by Crippen LogP contribution is -2.45. The first-order chi connectivity index (χ1) is 22.1. The summed E-state index contributed by atoms with van der Waals surface area (Å²) in [5.74, 6) is 1.07. The van der Waals surface area contributed by atoms with Gasteiger partial charge in [-0.3, -0.25) is 5.43 Å². The number of aliphatic hydroxyl groups excluding tert-OH is 1. The fourth-order valence-corrected chi connectivity index (χ4v) is 5.12. The van der Waals surface area contributed by atoms with Crippen molar-refractivity contribution in [2.24, 2.45) is 5.10 Å². The predicted octanol–water partition coefficient (Wildman–Crippen LogP) is 5.21. The molecule has 1 aliphatic heterocycles. The van der Waals surface area contributed by atoms with Crippen LogP contribution in [0.4, 0.5) is 4.79 Å². The van der Waals surface area contributed by atoms with Crippen LogP contribution in [0, 0.1) is 0 Å². The number of urea groups is 1. The van der Waals surface area contributed by atoms with Gasteiger partial charge in [-0.25, -0.2) is 9.59 Å². The molecular formula is C32H34BrClN4O8. The molecular weight excluding hydrogens is 684 g/mol. The lowest BCUT2D eigenvalue weighted by atomic mass is 9.95. The molecule has 0 saturated carbocycles. The minimum absolute atomic E-state index is 0.186. The first-order valence-corrected chi connectivity index (χ1v) is 15.3. The van der Waals surface area contributed by atoms with Gasteiger partial charge in [0.2, 0.25) is 0 Å². The molecule has 244 valence electrons. The highest BCUT2D eigenvalue weighted by molar-refractivity contribution is 9.10. The SMILES string of the molecule is CCOc1cc([C@H]2NC(=O)NC(C)=C2C(=O)OC)ccc1OC[C@@H](O)N/N=C/c1cc(Br)cc(OC)c1OCc1ccc(Cl)cc1. The number of nitrogens with one attached hydrogen (secondary N) is 3. The molecule has 0 unspecified atom stereocenters. The highest BCUT2D eigenvalue weighted by Gasteiger charge is 2.32. The molecule has 0 aliphatic carbocycles. The highest BCUT2D eigenvalue weighted by atomic mass is 79.9. The third-order valence-corrected chi connectivity index (χ3v) is 7.37. The van der Waals surface area contributed by atoms with Crippen LogP contribution in [0.1, 0.15) is 36.6 Å². The van der Waals surface area contributed by atoms with Gasteiger partial charge < -0.3 is 39.4 Å². The number of rotatable bonds is 14. The zero-order chi connectivity index (χ0) is 33.2. The standard InChI is InChI=1S/C32H34BrClN4O8/c1-5-44-25-13-20(29-28(31(40)43-4)18(2)36-32(41)37-29)8-11-24(25)45-17-27(39)38-35-15-21-12-22(33)14-26(42-3)30(21)46-16-19-6-9-23(34)10-7-19/h6-15,27,29,38-39H,5,16-17H2,1-4H3,(H2,36,37,41)/b35-15+/t27-,29-/m1/s1. The Kier molecular flexibility index (Phi) is 12.1. The zero-order valence-electron chi connectivity index (χ0n) is 25.6. The number of methoxy groups -OCH3 is 2. The van der Waals surface area contributed by atoms with Crippen molar-refractivity contribution in [3.63, 3.8) is 0 Å². The number of halogens is 2. The van der Waals surface area contributed by atoms with E-state index in [2.05, 4.69) is 37.1 Å². The number of aliphatic hydroxyl groups is 1. The van der Waals surface area contributed by atoms with Crippen LogP contribution in [0.2, 0.25) is 5.02 Å². The Labute approximate surface area is 279 Å². The molecule has 0 aromatic heterocycles. The molecule has 0 radical (unpaired) electrons. The van der Waals surface area contributed by atoms with Crippen LogP contribution in [0.15, 0.2) is 75.4 Å². The number of benzene rings is 3. The van der Waals surface area contributed by atoms with Crippen molar-refractivity contribution in [2.75, 3.05) is 27.4 Å². The Morgan fingerprint density at radius 2 is 1.85 bits per heavy atom. The Hall–Kier alpha value is -4.46. The van der Waals surface area contributed by atoms with Crippen molar-refractivity contribution in [3.8, 4) is 23.0 Å². The van der Waals surface area contributed by atoms with Gasteiger partial charge in [-0.1, -0.05) is 45.7 Å². The van der Waals surface area contributed by atoms with Crippen LogP contribution < -0.4 is 35.0 Å². The lowest BCUT2D eigenvalue weighted by Gasteiger charge is -2.28. The van der Waals surface area contributed by atoms with Crippen molar-refractivity contribution in [1.82, 2.24) is 16.1 Å². The van der Waals surface area contributed by atoms with Gasteiger partial charge in [0.15, 0.2) is 29.2 Å². The Morgan fingerprint density at radius 1 is 1.09 bits per heavy atom. The van der Waals surface area contributed by atoms with Crippen molar-refractivity contribution < 1.29 is 38.4 Å². The molecule has 0 fully saturated rings. The maximum atomic E-state index is 12.5. The molecule has 0 spiro atoms. The molecule has 1 aliphatic rings. The number of esters is 1. The molecule has 12 nitrogen and oxygen atoms in total. The third-order valence-electron chi connectivity index (χ3n) is 6.66. The zero-order valence-corrected chi connectivity index (χ0v) is 27.9. The van der Waals surface area contributed by atoms with E-state index in [1.54, 1.807) is 56.5 Å². The van der Waals surface area contributed by atoms with Gasteiger partial charge in [0.1, 0.15) is 13.2 Å². The maximum absolute atomic E-state index is 12.5. The van der Waals surface area contributed by atoms with Crippen LogP contribution in [-0.2, 0) is 16.1 Å². The second-order valence-electron chi connectivity index (χ2n) is 9.86. The number of hydrogen-bond acceptors (Lipinski definition) is 10. The second kappa shape index (κ2) is 16.2. The topological polar surface area (TPSA) is 149 Å². The van der Waals surface area contributed by atoms with Crippen molar-refractivity contribution >= 4 is 45.7 Å². The number of hydrazone groups is 1. The molecule has 46 heavy (non-hydrogen) atoms. The molecule has 3 aromatic carbocycles. The fraction of sp³-hybridized carbons (Fsp3) is 0.281. The fourth-order valence-electron chi connectivity index (χ4n) is 4.54. The highest BCUT2D eigenvalue weighted by Crippen LogP contribution is 2.36. The van der Waals surface area contributed by atoms with E-state index in [0.717, 1.165) is 10.0 Å². The Balaban J connectivity index is 1.44. The first-order valence-electron chi connectivity index (χ1n) is 14.1. The first kappa shape index (κ1) is 34.4. The van der Waals surface area contributed by atoms with Crippen LogP contribution in [-0.4, -0.2) is 57.0 Å². The largest absolute Gasteiger partial charge is 0.493 e. The summed E-state index contributed by atoms with van der Waals surface area (Å²) in [4.78, 5) is 24.7. The van der Waals surface area contributed by atoms with Crippen LogP contribution >= 0.6 is 27.5 Å². The molecule has 4 rings (SSSR count). The Morgan fingerprint density at radius 3 is 2.54 bits per heavy atom. The van der Waals surface area contributed by atoms with Gasteiger partial charge in [-0.2, -0.15) is 5.10 Å². The van der Waals surface area contributed by atoms with Crippen molar-refractivity contribution in [3.05, 3.63) is 92.1 Å². The summed E-state index contributed by atoms with van der Waals surface area (Å²) < 4.78 is 28.8. The average Bonchev–Trinajstić information content (AvgIpc) is 3.03. The number of amides is 2. The van der Waals surface area contributed by atoms with Crippen molar-refractivity contribution in [2.45, 2.75) is 32.7 Å². The van der Waals surface area contributed by atoms with E-state index in [9.17, 15) is 14.7 Å². The predicted molar refractivity (Wildman–Crippen MR) is 175 cm³/mol. The monoisotopic (exact) mass is 716 g/mol. The molecule has 0 bridgehead atoms. The summed E-state index contributed by atoms with van der Waals surface area (Å²) in [6.07, 6.45) is 0.300. The number of hydrogen-bond donors (Lipinski definition) is 4. The molecule has 4 N–H and O–H groups in total. The molecule has 2 atom stereocenters. The minimum atomic E-state index is -1.20. The molecule has 2 amide bonds.